The lowest BCUT2D eigenvalue weighted by atomic mass is 9.47. The van der Waals surface area contributed by atoms with Crippen LogP contribution in [0, 0.1) is 46.3 Å². The fourth-order valence-corrected chi connectivity index (χ4v) is 9.08. The monoisotopic (exact) mass is 426 g/mol. The summed E-state index contributed by atoms with van der Waals surface area (Å²) in [6.45, 7) is 15.0. The van der Waals surface area contributed by atoms with Gasteiger partial charge in [0, 0.05) is 7.11 Å². The molecule has 4 aliphatic rings. The number of hydrogen-bond donors (Lipinski definition) is 0. The molecule has 176 valence electrons. The van der Waals surface area contributed by atoms with Crippen LogP contribution in [0.5, 0.6) is 0 Å². The van der Waals surface area contributed by atoms with Crippen molar-refractivity contribution in [2.24, 2.45) is 46.3 Å². The summed E-state index contributed by atoms with van der Waals surface area (Å²) >= 11 is 0. The van der Waals surface area contributed by atoms with Crippen LogP contribution in [0.15, 0.2) is 23.3 Å². The second-order valence-electron chi connectivity index (χ2n) is 12.7. The molecule has 0 aromatic carbocycles. The molecule has 4 rings (SSSR count). The third-order valence-electron chi connectivity index (χ3n) is 10.7. The Balaban J connectivity index is 1.54. The Bertz CT molecular complexity index is 701. The molecular formula is C30H50O. The first kappa shape index (κ1) is 23.6. The average molecular weight is 427 g/mol. The smallest absolute Gasteiger partial charge is 0.0608 e. The fourth-order valence-electron chi connectivity index (χ4n) is 9.08. The van der Waals surface area contributed by atoms with E-state index in [1.807, 2.05) is 7.11 Å². The molecular weight excluding hydrogens is 376 g/mol. The van der Waals surface area contributed by atoms with Crippen molar-refractivity contribution in [1.29, 1.82) is 0 Å². The second-order valence-corrected chi connectivity index (χ2v) is 12.7. The van der Waals surface area contributed by atoms with Crippen molar-refractivity contribution < 1.29 is 4.74 Å². The van der Waals surface area contributed by atoms with Gasteiger partial charge in [0.15, 0.2) is 0 Å². The summed E-state index contributed by atoms with van der Waals surface area (Å²) in [6, 6.07) is 0. The molecule has 3 fully saturated rings. The van der Waals surface area contributed by atoms with Crippen LogP contribution in [-0.4, -0.2) is 13.2 Å². The first-order valence-corrected chi connectivity index (χ1v) is 13.6. The molecule has 0 heterocycles. The molecule has 0 spiro atoms. The van der Waals surface area contributed by atoms with Crippen molar-refractivity contribution in [2.45, 2.75) is 112 Å². The van der Waals surface area contributed by atoms with Gasteiger partial charge in [-0.2, -0.15) is 0 Å². The maximum absolute atomic E-state index is 5.77. The van der Waals surface area contributed by atoms with Crippen LogP contribution in [0.25, 0.3) is 0 Å². The lowest BCUT2D eigenvalue weighted by molar-refractivity contribution is -0.0572. The average Bonchev–Trinajstić information content (AvgIpc) is 3.09. The van der Waals surface area contributed by atoms with Crippen molar-refractivity contribution in [3.63, 3.8) is 0 Å². The predicted molar refractivity (Wildman–Crippen MR) is 133 cm³/mol. The zero-order valence-electron chi connectivity index (χ0n) is 21.7. The number of rotatable bonds is 6. The first-order valence-electron chi connectivity index (χ1n) is 13.6. The molecule has 0 aromatic heterocycles. The Hall–Kier alpha value is -0.560. The molecule has 0 N–H and O–H groups in total. The van der Waals surface area contributed by atoms with Crippen molar-refractivity contribution in [3.8, 4) is 0 Å². The van der Waals surface area contributed by atoms with Crippen molar-refractivity contribution in [1.82, 2.24) is 0 Å². The number of ether oxygens (including phenoxy) is 1. The second kappa shape index (κ2) is 9.00. The van der Waals surface area contributed by atoms with Gasteiger partial charge in [-0.3, -0.25) is 0 Å². The fraction of sp³-hybridized carbons (Fsp3) is 0.867. The molecule has 0 amide bonds. The lowest BCUT2D eigenvalue weighted by Crippen LogP contribution is -2.50. The quantitative estimate of drug-likeness (QED) is 0.386. The van der Waals surface area contributed by atoms with E-state index in [1.165, 1.54) is 64.2 Å². The van der Waals surface area contributed by atoms with Gasteiger partial charge in [0.05, 0.1) is 6.10 Å². The summed E-state index contributed by atoms with van der Waals surface area (Å²) < 4.78 is 5.77. The summed E-state index contributed by atoms with van der Waals surface area (Å²) in [5.41, 5.74) is 4.47. The van der Waals surface area contributed by atoms with E-state index in [-0.39, 0.29) is 0 Å². The van der Waals surface area contributed by atoms with E-state index in [9.17, 15) is 0 Å². The van der Waals surface area contributed by atoms with E-state index in [0.29, 0.717) is 16.9 Å². The van der Waals surface area contributed by atoms with Gasteiger partial charge in [0.1, 0.15) is 0 Å². The van der Waals surface area contributed by atoms with E-state index < -0.39 is 0 Å². The van der Waals surface area contributed by atoms with Crippen LogP contribution >= 0.6 is 0 Å². The number of fused-ring (bicyclic) bond motifs is 5. The molecule has 0 aliphatic heterocycles. The highest BCUT2D eigenvalue weighted by atomic mass is 16.5. The first-order chi connectivity index (χ1) is 14.7. The van der Waals surface area contributed by atoms with Gasteiger partial charge >= 0.3 is 0 Å². The summed E-state index contributed by atoms with van der Waals surface area (Å²) in [6.07, 6.45) is 19.4. The zero-order valence-corrected chi connectivity index (χ0v) is 21.7. The zero-order chi connectivity index (χ0) is 22.4. The van der Waals surface area contributed by atoms with Gasteiger partial charge in [-0.25, -0.2) is 0 Å². The van der Waals surface area contributed by atoms with Crippen molar-refractivity contribution in [2.75, 3.05) is 7.11 Å². The standard InChI is InChI=1S/C30H50O/c1-8-22(17-20(2)3)18-21(4)26-11-12-27-25-10-9-23-19-24(31-7)13-15-29(23,5)28(25)14-16-30(26,27)6/h9,18,20-21,24-28H,8,10-17,19H2,1-7H3. The maximum atomic E-state index is 5.77. The van der Waals surface area contributed by atoms with E-state index in [2.05, 4.69) is 53.7 Å². The van der Waals surface area contributed by atoms with Gasteiger partial charge in [-0.15, -0.1) is 0 Å². The topological polar surface area (TPSA) is 9.23 Å². The highest BCUT2D eigenvalue weighted by molar-refractivity contribution is 5.25. The molecule has 4 aliphatic carbocycles. The highest BCUT2D eigenvalue weighted by Crippen LogP contribution is 2.67. The summed E-state index contributed by atoms with van der Waals surface area (Å²) in [5.74, 6) is 5.18. The Morgan fingerprint density at radius 1 is 1.10 bits per heavy atom. The third-order valence-corrected chi connectivity index (χ3v) is 10.7. The molecule has 3 saturated carbocycles. The Kier molecular flexibility index (Phi) is 6.85. The predicted octanol–water partition coefficient (Wildman–Crippen LogP) is 8.60. The third kappa shape index (κ3) is 4.11. The van der Waals surface area contributed by atoms with Gasteiger partial charge in [0.25, 0.3) is 0 Å². The maximum Gasteiger partial charge on any atom is 0.0608 e. The lowest BCUT2D eigenvalue weighted by Gasteiger charge is -2.58. The normalized spacial score (nSPS) is 43.8. The molecule has 31 heavy (non-hydrogen) atoms. The summed E-state index contributed by atoms with van der Waals surface area (Å²) in [7, 11) is 1.91. The van der Waals surface area contributed by atoms with E-state index >= 15 is 0 Å². The highest BCUT2D eigenvalue weighted by Gasteiger charge is 2.59. The van der Waals surface area contributed by atoms with Crippen LogP contribution in [0.2, 0.25) is 0 Å². The number of methoxy groups -OCH3 is 1. The Morgan fingerprint density at radius 2 is 1.87 bits per heavy atom. The summed E-state index contributed by atoms with van der Waals surface area (Å²) in [4.78, 5) is 0. The summed E-state index contributed by atoms with van der Waals surface area (Å²) in [5, 5.41) is 0. The molecule has 0 bridgehead atoms. The van der Waals surface area contributed by atoms with Crippen LogP contribution in [0.4, 0.5) is 0 Å². The van der Waals surface area contributed by atoms with Crippen LogP contribution < -0.4 is 0 Å². The Labute approximate surface area is 193 Å². The molecule has 0 radical (unpaired) electrons. The van der Waals surface area contributed by atoms with E-state index in [4.69, 9.17) is 4.74 Å². The van der Waals surface area contributed by atoms with Crippen molar-refractivity contribution in [3.05, 3.63) is 23.3 Å². The molecule has 1 nitrogen and oxygen atoms in total. The van der Waals surface area contributed by atoms with E-state index in [1.54, 1.807) is 11.1 Å². The van der Waals surface area contributed by atoms with Gasteiger partial charge in [-0.05, 0) is 111 Å². The van der Waals surface area contributed by atoms with Crippen molar-refractivity contribution >= 4 is 0 Å². The number of allylic oxidation sites excluding steroid dienone is 3. The molecule has 8 unspecified atom stereocenters. The Morgan fingerprint density at radius 3 is 2.55 bits per heavy atom. The largest absolute Gasteiger partial charge is 0.381 e. The molecule has 8 atom stereocenters. The molecule has 0 saturated heterocycles. The molecule has 1 heteroatoms. The number of hydrogen-bond acceptors (Lipinski definition) is 1. The van der Waals surface area contributed by atoms with Crippen LogP contribution in [0.3, 0.4) is 0 Å². The van der Waals surface area contributed by atoms with Gasteiger partial charge in [-0.1, -0.05) is 64.8 Å². The van der Waals surface area contributed by atoms with Gasteiger partial charge in [0.2, 0.25) is 0 Å². The SMILES string of the molecule is CCC(=CC(C)C1CCC2C3CC=C4CC(OC)CCC4(C)C3CCC12C)CC(C)C. The van der Waals surface area contributed by atoms with Crippen LogP contribution in [0.1, 0.15) is 106 Å². The minimum absolute atomic E-state index is 0.454. The van der Waals surface area contributed by atoms with E-state index in [0.717, 1.165) is 35.5 Å². The van der Waals surface area contributed by atoms with Gasteiger partial charge < -0.3 is 4.74 Å². The van der Waals surface area contributed by atoms with Crippen LogP contribution in [-0.2, 0) is 4.74 Å². The minimum Gasteiger partial charge on any atom is -0.381 e. The molecule has 0 aromatic rings. The minimum atomic E-state index is 0.454.